The maximum Gasteiger partial charge on any atom is 0.446 e. The lowest BCUT2D eigenvalue weighted by Gasteiger charge is -2.08. The van der Waals surface area contributed by atoms with Gasteiger partial charge < -0.3 is 14.0 Å². The molecule has 0 fully saturated rings. The molecule has 5 rings (SSSR count). The van der Waals surface area contributed by atoms with Crippen LogP contribution in [-0.2, 0) is 0 Å². The average Bonchev–Trinajstić information content (AvgIpc) is 3.51. The van der Waals surface area contributed by atoms with Crippen LogP contribution in [0.2, 0.25) is 0 Å². The van der Waals surface area contributed by atoms with Crippen LogP contribution in [0.4, 0.5) is 0 Å². The minimum absolute atomic E-state index is 0.255. The number of hydrogen-bond acceptors (Lipinski definition) is 8. The molecule has 5 aromatic rings. The molecule has 164 valence electrons. The molecule has 0 bridgehead atoms. The van der Waals surface area contributed by atoms with Gasteiger partial charge in [0.25, 0.3) is 5.89 Å². The van der Waals surface area contributed by atoms with E-state index in [0.717, 1.165) is 11.3 Å². The van der Waals surface area contributed by atoms with Crippen LogP contribution < -0.4 is 15.2 Å². The van der Waals surface area contributed by atoms with Gasteiger partial charge in [-0.15, -0.1) is 0 Å². The molecule has 0 aliphatic rings. The van der Waals surface area contributed by atoms with Gasteiger partial charge in [0.2, 0.25) is 5.82 Å². The standard InChI is InChI=1S/C24H18N4O5/c1-30-17-11-7-15(8-12-17)21-25-23(32-26-21)19-5-3-4-6-20(19)28-22(27-33-24(28)29)16-9-13-18(31-2)14-10-16/h3-14H,1-2H3. The number of hydrogen-bond donors (Lipinski definition) is 0. The van der Waals surface area contributed by atoms with Crippen LogP contribution in [-0.4, -0.2) is 34.1 Å². The summed E-state index contributed by atoms with van der Waals surface area (Å²) >= 11 is 0. The Morgan fingerprint density at radius 1 is 0.758 bits per heavy atom. The molecule has 9 nitrogen and oxygen atoms in total. The third kappa shape index (κ3) is 3.76. The van der Waals surface area contributed by atoms with Crippen LogP contribution >= 0.6 is 0 Å². The summed E-state index contributed by atoms with van der Waals surface area (Å²) in [5.41, 5.74) is 2.51. The van der Waals surface area contributed by atoms with Gasteiger partial charge in [-0.2, -0.15) is 4.98 Å². The summed E-state index contributed by atoms with van der Waals surface area (Å²) in [6.07, 6.45) is 0. The molecule has 0 amide bonds. The maximum absolute atomic E-state index is 12.6. The van der Waals surface area contributed by atoms with Crippen molar-refractivity contribution in [2.45, 2.75) is 0 Å². The quantitative estimate of drug-likeness (QED) is 0.385. The van der Waals surface area contributed by atoms with Crippen LogP contribution in [0.1, 0.15) is 0 Å². The van der Waals surface area contributed by atoms with Crippen molar-refractivity contribution >= 4 is 0 Å². The van der Waals surface area contributed by atoms with Gasteiger partial charge in [-0.05, 0) is 60.7 Å². The minimum Gasteiger partial charge on any atom is -0.497 e. The van der Waals surface area contributed by atoms with Gasteiger partial charge in [-0.25, -0.2) is 9.36 Å². The zero-order chi connectivity index (χ0) is 22.8. The number of para-hydroxylation sites is 1. The summed E-state index contributed by atoms with van der Waals surface area (Å²) in [5, 5.41) is 8.07. The molecule has 0 atom stereocenters. The minimum atomic E-state index is -0.636. The predicted octanol–water partition coefficient (Wildman–Crippen LogP) is 4.23. The zero-order valence-corrected chi connectivity index (χ0v) is 17.8. The highest BCUT2D eigenvalue weighted by molar-refractivity contribution is 5.70. The van der Waals surface area contributed by atoms with E-state index < -0.39 is 5.76 Å². The highest BCUT2D eigenvalue weighted by Crippen LogP contribution is 2.30. The van der Waals surface area contributed by atoms with Crippen molar-refractivity contribution in [3.63, 3.8) is 0 Å². The summed E-state index contributed by atoms with van der Waals surface area (Å²) in [6.45, 7) is 0. The molecule has 2 aromatic heterocycles. The Morgan fingerprint density at radius 3 is 2.06 bits per heavy atom. The Kier molecular flexibility index (Phi) is 5.19. The highest BCUT2D eigenvalue weighted by Gasteiger charge is 2.21. The smallest absolute Gasteiger partial charge is 0.446 e. The fourth-order valence-electron chi connectivity index (χ4n) is 3.42. The SMILES string of the molecule is COc1ccc(-c2noc(-c3ccccc3-n3c(-c4ccc(OC)cc4)noc3=O)n2)cc1. The second-order valence-electron chi connectivity index (χ2n) is 7.00. The number of nitrogens with zero attached hydrogens (tertiary/aromatic N) is 4. The van der Waals surface area contributed by atoms with Crippen molar-refractivity contribution in [3.05, 3.63) is 83.3 Å². The fraction of sp³-hybridized carbons (Fsp3) is 0.0833. The van der Waals surface area contributed by atoms with Crippen molar-refractivity contribution in [3.8, 4) is 51.4 Å². The van der Waals surface area contributed by atoms with Crippen molar-refractivity contribution in [2.24, 2.45) is 0 Å². The van der Waals surface area contributed by atoms with Gasteiger partial charge in [0, 0.05) is 11.1 Å². The Labute approximate surface area is 187 Å². The molecule has 3 aromatic carbocycles. The van der Waals surface area contributed by atoms with E-state index >= 15 is 0 Å². The molecule has 2 heterocycles. The molecule has 0 aliphatic carbocycles. The van der Waals surface area contributed by atoms with E-state index in [4.69, 9.17) is 18.5 Å². The molecular weight excluding hydrogens is 424 g/mol. The lowest BCUT2D eigenvalue weighted by molar-refractivity contribution is 0.383. The van der Waals surface area contributed by atoms with Crippen molar-refractivity contribution in [2.75, 3.05) is 14.2 Å². The second kappa shape index (κ2) is 8.46. The molecule has 0 radical (unpaired) electrons. The van der Waals surface area contributed by atoms with Gasteiger partial charge in [0.05, 0.1) is 25.5 Å². The first-order valence-electron chi connectivity index (χ1n) is 9.99. The number of aromatic nitrogens is 4. The lowest BCUT2D eigenvalue weighted by atomic mass is 10.1. The topological polar surface area (TPSA) is 105 Å². The molecule has 33 heavy (non-hydrogen) atoms. The first kappa shape index (κ1) is 20.3. The average molecular weight is 442 g/mol. The molecule has 0 saturated heterocycles. The van der Waals surface area contributed by atoms with E-state index in [1.165, 1.54) is 4.57 Å². The number of rotatable bonds is 6. The normalized spacial score (nSPS) is 10.8. The Morgan fingerprint density at radius 2 is 1.39 bits per heavy atom. The van der Waals surface area contributed by atoms with Crippen LogP contribution in [0.5, 0.6) is 11.5 Å². The van der Waals surface area contributed by atoms with Gasteiger partial charge in [-0.3, -0.25) is 4.52 Å². The second-order valence-corrected chi connectivity index (χ2v) is 7.00. The summed E-state index contributed by atoms with van der Waals surface area (Å²) in [4.78, 5) is 17.2. The van der Waals surface area contributed by atoms with E-state index in [1.54, 1.807) is 56.7 Å². The molecule has 0 unspecified atom stereocenters. The van der Waals surface area contributed by atoms with Crippen LogP contribution in [0.25, 0.3) is 39.9 Å². The first-order valence-corrected chi connectivity index (χ1v) is 9.99. The van der Waals surface area contributed by atoms with Crippen molar-refractivity contribution in [1.29, 1.82) is 0 Å². The highest BCUT2D eigenvalue weighted by atomic mass is 16.5. The Balaban J connectivity index is 1.58. The fourth-order valence-corrected chi connectivity index (χ4v) is 3.42. The molecule has 0 spiro atoms. The number of methoxy groups -OCH3 is 2. The zero-order valence-electron chi connectivity index (χ0n) is 17.8. The predicted molar refractivity (Wildman–Crippen MR) is 119 cm³/mol. The van der Waals surface area contributed by atoms with E-state index in [1.807, 2.05) is 30.3 Å². The maximum atomic E-state index is 12.6. The van der Waals surface area contributed by atoms with Gasteiger partial charge >= 0.3 is 5.76 Å². The molecule has 0 saturated carbocycles. The van der Waals surface area contributed by atoms with E-state index in [-0.39, 0.29) is 5.89 Å². The monoisotopic (exact) mass is 442 g/mol. The molecule has 9 heteroatoms. The van der Waals surface area contributed by atoms with Gasteiger partial charge in [0.1, 0.15) is 11.5 Å². The van der Waals surface area contributed by atoms with Gasteiger partial charge in [0.15, 0.2) is 5.82 Å². The van der Waals surface area contributed by atoms with E-state index in [9.17, 15) is 4.79 Å². The first-order chi connectivity index (χ1) is 16.2. The van der Waals surface area contributed by atoms with Crippen molar-refractivity contribution < 1.29 is 18.5 Å². The Hall–Kier alpha value is -4.66. The third-order valence-electron chi connectivity index (χ3n) is 5.10. The van der Waals surface area contributed by atoms with E-state index in [2.05, 4.69) is 15.3 Å². The number of ether oxygens (including phenoxy) is 2. The number of benzene rings is 3. The van der Waals surface area contributed by atoms with Crippen LogP contribution in [0.15, 0.2) is 86.6 Å². The summed E-state index contributed by atoms with van der Waals surface area (Å²) in [5.74, 6) is 1.79. The third-order valence-corrected chi connectivity index (χ3v) is 5.10. The lowest BCUT2D eigenvalue weighted by Crippen LogP contribution is -2.14. The molecule has 0 N–H and O–H groups in total. The van der Waals surface area contributed by atoms with E-state index in [0.29, 0.717) is 34.2 Å². The summed E-state index contributed by atoms with van der Waals surface area (Å²) in [7, 11) is 3.19. The molecule has 0 aliphatic heterocycles. The summed E-state index contributed by atoms with van der Waals surface area (Å²) < 4.78 is 22.3. The summed E-state index contributed by atoms with van der Waals surface area (Å²) in [6, 6.07) is 21.6. The molecular formula is C24H18N4O5. The van der Waals surface area contributed by atoms with Crippen molar-refractivity contribution in [1.82, 2.24) is 19.9 Å². The van der Waals surface area contributed by atoms with Crippen LogP contribution in [0.3, 0.4) is 0 Å². The Bertz CT molecular complexity index is 1450. The van der Waals surface area contributed by atoms with Gasteiger partial charge in [-0.1, -0.05) is 22.4 Å². The largest absolute Gasteiger partial charge is 0.497 e. The van der Waals surface area contributed by atoms with Crippen LogP contribution in [0, 0.1) is 0 Å².